The number of rotatable bonds is 4. The fourth-order valence-corrected chi connectivity index (χ4v) is 2.04. The van der Waals surface area contributed by atoms with Gasteiger partial charge >= 0.3 is 0 Å². The Bertz CT molecular complexity index is 487. The maximum Gasteiger partial charge on any atom is 0.222 e. The van der Waals surface area contributed by atoms with Gasteiger partial charge in [0.25, 0.3) is 0 Å². The standard InChI is InChI=1S/C12H15ClN4/c1-3-5-17-6-4-14-11(17)8-10-7-9(2)15-12(13)16-10/h4,6-7H,3,5,8H2,1-2H3. The van der Waals surface area contributed by atoms with Gasteiger partial charge in [-0.1, -0.05) is 6.92 Å². The number of hydrogen-bond acceptors (Lipinski definition) is 3. The van der Waals surface area contributed by atoms with Crippen LogP contribution in [0.2, 0.25) is 5.28 Å². The van der Waals surface area contributed by atoms with Gasteiger partial charge in [-0.15, -0.1) is 0 Å². The van der Waals surface area contributed by atoms with Crippen LogP contribution in [0.25, 0.3) is 0 Å². The summed E-state index contributed by atoms with van der Waals surface area (Å²) in [6, 6.07) is 1.94. The average molecular weight is 251 g/mol. The zero-order chi connectivity index (χ0) is 12.3. The summed E-state index contributed by atoms with van der Waals surface area (Å²) in [4.78, 5) is 12.6. The van der Waals surface area contributed by atoms with Crippen molar-refractivity contribution in [2.45, 2.75) is 33.2 Å². The second-order valence-corrected chi connectivity index (χ2v) is 4.32. The van der Waals surface area contributed by atoms with Crippen LogP contribution in [0, 0.1) is 6.92 Å². The lowest BCUT2D eigenvalue weighted by molar-refractivity contribution is 0.644. The van der Waals surface area contributed by atoms with Crippen molar-refractivity contribution in [1.82, 2.24) is 19.5 Å². The molecule has 0 spiro atoms. The van der Waals surface area contributed by atoms with Crippen LogP contribution in [0.4, 0.5) is 0 Å². The highest BCUT2D eigenvalue weighted by atomic mass is 35.5. The molecule has 0 atom stereocenters. The first kappa shape index (κ1) is 12.0. The average Bonchev–Trinajstić information content (AvgIpc) is 2.65. The zero-order valence-electron chi connectivity index (χ0n) is 10.0. The molecule has 0 saturated heterocycles. The van der Waals surface area contributed by atoms with Crippen LogP contribution in [0.5, 0.6) is 0 Å². The van der Waals surface area contributed by atoms with Crippen molar-refractivity contribution in [2.75, 3.05) is 0 Å². The monoisotopic (exact) mass is 250 g/mol. The van der Waals surface area contributed by atoms with Crippen LogP contribution >= 0.6 is 11.6 Å². The lowest BCUT2D eigenvalue weighted by atomic mass is 10.2. The molecule has 0 saturated carbocycles. The second-order valence-electron chi connectivity index (χ2n) is 3.98. The largest absolute Gasteiger partial charge is 0.335 e. The van der Waals surface area contributed by atoms with Crippen LogP contribution in [-0.2, 0) is 13.0 Å². The third-order valence-electron chi connectivity index (χ3n) is 2.49. The molecule has 17 heavy (non-hydrogen) atoms. The third kappa shape index (κ3) is 3.03. The van der Waals surface area contributed by atoms with Gasteiger partial charge in [-0.2, -0.15) is 0 Å². The van der Waals surface area contributed by atoms with E-state index in [9.17, 15) is 0 Å². The van der Waals surface area contributed by atoms with Crippen LogP contribution in [0.1, 0.15) is 30.6 Å². The van der Waals surface area contributed by atoms with E-state index < -0.39 is 0 Å². The Hall–Kier alpha value is -1.42. The van der Waals surface area contributed by atoms with E-state index in [4.69, 9.17) is 11.6 Å². The number of hydrogen-bond donors (Lipinski definition) is 0. The van der Waals surface area contributed by atoms with Crippen molar-refractivity contribution >= 4 is 11.6 Å². The van der Waals surface area contributed by atoms with E-state index in [-0.39, 0.29) is 0 Å². The summed E-state index contributed by atoms with van der Waals surface area (Å²) in [5, 5.41) is 0.300. The smallest absolute Gasteiger partial charge is 0.222 e. The maximum atomic E-state index is 5.84. The van der Waals surface area contributed by atoms with E-state index in [1.54, 1.807) is 0 Å². The lowest BCUT2D eigenvalue weighted by Crippen LogP contribution is -2.05. The summed E-state index contributed by atoms with van der Waals surface area (Å²) in [6.07, 6.45) is 5.60. The Labute approximate surface area is 106 Å². The molecule has 0 fully saturated rings. The SMILES string of the molecule is CCCn1ccnc1Cc1cc(C)nc(Cl)n1. The van der Waals surface area contributed by atoms with Crippen LogP contribution in [0.15, 0.2) is 18.5 Å². The molecule has 0 unspecified atom stereocenters. The first-order valence-corrected chi connectivity index (χ1v) is 6.07. The van der Waals surface area contributed by atoms with Gasteiger partial charge in [-0.25, -0.2) is 15.0 Å². The molecule has 90 valence electrons. The molecule has 2 heterocycles. The van der Waals surface area contributed by atoms with Gasteiger partial charge in [0, 0.05) is 31.1 Å². The first-order chi connectivity index (χ1) is 8.19. The normalized spacial score (nSPS) is 10.8. The van der Waals surface area contributed by atoms with E-state index in [2.05, 4.69) is 26.4 Å². The second kappa shape index (κ2) is 5.27. The molecule has 4 nitrogen and oxygen atoms in total. The fraction of sp³-hybridized carbons (Fsp3) is 0.417. The lowest BCUT2D eigenvalue weighted by Gasteiger charge is -2.06. The van der Waals surface area contributed by atoms with Gasteiger partial charge in [0.2, 0.25) is 5.28 Å². The Balaban J connectivity index is 2.22. The van der Waals surface area contributed by atoms with Crippen molar-refractivity contribution in [2.24, 2.45) is 0 Å². The number of nitrogens with zero attached hydrogens (tertiary/aromatic N) is 4. The predicted octanol–water partition coefficient (Wildman–Crippen LogP) is 2.64. The van der Waals surface area contributed by atoms with Crippen LogP contribution in [-0.4, -0.2) is 19.5 Å². The first-order valence-electron chi connectivity index (χ1n) is 5.69. The molecule has 0 aliphatic carbocycles. The Kier molecular flexibility index (Phi) is 3.74. The molecular weight excluding hydrogens is 236 g/mol. The van der Waals surface area contributed by atoms with E-state index >= 15 is 0 Å². The molecule has 2 aromatic rings. The minimum Gasteiger partial charge on any atom is -0.335 e. The third-order valence-corrected chi connectivity index (χ3v) is 2.65. The molecule has 0 amide bonds. The van der Waals surface area contributed by atoms with Crippen molar-refractivity contribution < 1.29 is 0 Å². The summed E-state index contributed by atoms with van der Waals surface area (Å²) in [7, 11) is 0. The number of halogens is 1. The molecule has 0 aliphatic heterocycles. The van der Waals surface area contributed by atoms with Crippen LogP contribution in [0.3, 0.4) is 0 Å². The maximum absolute atomic E-state index is 5.84. The van der Waals surface area contributed by atoms with E-state index in [1.165, 1.54) is 0 Å². The van der Waals surface area contributed by atoms with Gasteiger partial charge in [-0.3, -0.25) is 0 Å². The molecule has 0 N–H and O–H groups in total. The summed E-state index contributed by atoms with van der Waals surface area (Å²) < 4.78 is 2.14. The van der Waals surface area contributed by atoms with Crippen molar-refractivity contribution in [1.29, 1.82) is 0 Å². The van der Waals surface area contributed by atoms with Crippen molar-refractivity contribution in [3.63, 3.8) is 0 Å². The van der Waals surface area contributed by atoms with E-state index in [1.807, 2.05) is 25.4 Å². The summed E-state index contributed by atoms with van der Waals surface area (Å²) >= 11 is 5.84. The Morgan fingerprint density at radius 2 is 2.18 bits per heavy atom. The molecule has 0 bridgehead atoms. The highest BCUT2D eigenvalue weighted by molar-refractivity contribution is 6.28. The van der Waals surface area contributed by atoms with Crippen molar-refractivity contribution in [3.05, 3.63) is 41.0 Å². The number of aryl methyl sites for hydroxylation is 2. The predicted molar refractivity (Wildman–Crippen MR) is 67.1 cm³/mol. The van der Waals surface area contributed by atoms with Gasteiger partial charge in [-0.05, 0) is 31.0 Å². The number of aromatic nitrogens is 4. The zero-order valence-corrected chi connectivity index (χ0v) is 10.8. The minimum absolute atomic E-state index is 0.300. The molecule has 2 rings (SSSR count). The van der Waals surface area contributed by atoms with Crippen molar-refractivity contribution in [3.8, 4) is 0 Å². The highest BCUT2D eigenvalue weighted by Gasteiger charge is 2.06. The van der Waals surface area contributed by atoms with Gasteiger partial charge < -0.3 is 4.57 Å². The van der Waals surface area contributed by atoms with Crippen LogP contribution < -0.4 is 0 Å². The highest BCUT2D eigenvalue weighted by Crippen LogP contribution is 2.10. The molecule has 0 aromatic carbocycles. The van der Waals surface area contributed by atoms with Gasteiger partial charge in [0.1, 0.15) is 5.82 Å². The molecule has 5 heteroatoms. The molecule has 0 radical (unpaired) electrons. The van der Waals surface area contributed by atoms with Gasteiger partial charge in [0.05, 0.1) is 5.69 Å². The summed E-state index contributed by atoms with van der Waals surface area (Å²) in [6.45, 7) is 5.04. The molecular formula is C12H15ClN4. The Morgan fingerprint density at radius 3 is 2.88 bits per heavy atom. The summed E-state index contributed by atoms with van der Waals surface area (Å²) in [5.41, 5.74) is 1.79. The van der Waals surface area contributed by atoms with Gasteiger partial charge in [0.15, 0.2) is 0 Å². The summed E-state index contributed by atoms with van der Waals surface area (Å²) in [5.74, 6) is 1.01. The fourth-order valence-electron chi connectivity index (χ4n) is 1.80. The molecule has 2 aromatic heterocycles. The number of imidazole rings is 1. The van der Waals surface area contributed by atoms with E-state index in [0.717, 1.165) is 30.2 Å². The van der Waals surface area contributed by atoms with E-state index in [0.29, 0.717) is 11.7 Å². The quantitative estimate of drug-likeness (QED) is 0.784. The molecule has 0 aliphatic rings. The topological polar surface area (TPSA) is 43.6 Å². The minimum atomic E-state index is 0.300. The Morgan fingerprint density at radius 1 is 1.35 bits per heavy atom.